The number of pyridine rings is 1. The van der Waals surface area contributed by atoms with E-state index in [-0.39, 0.29) is 24.3 Å². The summed E-state index contributed by atoms with van der Waals surface area (Å²) in [4.78, 5) is 32.8. The van der Waals surface area contributed by atoms with Gasteiger partial charge in [-0.05, 0) is 67.4 Å². The first-order valence-corrected chi connectivity index (χ1v) is 11.3. The summed E-state index contributed by atoms with van der Waals surface area (Å²) >= 11 is 0. The first-order chi connectivity index (χ1) is 16.5. The van der Waals surface area contributed by atoms with Gasteiger partial charge in [-0.2, -0.15) is 0 Å². The van der Waals surface area contributed by atoms with Gasteiger partial charge < -0.3 is 19.7 Å². The van der Waals surface area contributed by atoms with Gasteiger partial charge in [0.1, 0.15) is 11.5 Å². The third kappa shape index (κ3) is 4.88. The van der Waals surface area contributed by atoms with E-state index in [0.717, 1.165) is 16.9 Å². The molecule has 1 aromatic heterocycles. The fraction of sp³-hybridized carbons (Fsp3) is 0.296. The van der Waals surface area contributed by atoms with Crippen molar-refractivity contribution in [3.8, 4) is 11.5 Å². The molecule has 7 heteroatoms. The maximum atomic E-state index is 13.6. The molecule has 34 heavy (non-hydrogen) atoms. The predicted molar refractivity (Wildman–Crippen MR) is 130 cm³/mol. The monoisotopic (exact) mass is 459 g/mol. The lowest BCUT2D eigenvalue weighted by molar-refractivity contribution is -0.129. The first kappa shape index (κ1) is 23.3. The van der Waals surface area contributed by atoms with Gasteiger partial charge in [0.05, 0.1) is 37.9 Å². The van der Waals surface area contributed by atoms with E-state index >= 15 is 0 Å². The maximum absolute atomic E-state index is 13.6. The number of hydrogen-bond donors (Lipinski definition) is 1. The summed E-state index contributed by atoms with van der Waals surface area (Å²) in [6, 6.07) is 19.8. The Bertz CT molecular complexity index is 1120. The van der Waals surface area contributed by atoms with E-state index in [9.17, 15) is 9.59 Å². The van der Waals surface area contributed by atoms with Gasteiger partial charge in [-0.1, -0.05) is 18.2 Å². The van der Waals surface area contributed by atoms with Crippen LogP contribution >= 0.6 is 0 Å². The molecule has 2 heterocycles. The van der Waals surface area contributed by atoms with Crippen molar-refractivity contribution in [3.05, 3.63) is 84.2 Å². The van der Waals surface area contributed by atoms with E-state index in [1.54, 1.807) is 25.3 Å². The topological polar surface area (TPSA) is 80.8 Å². The first-order valence-electron chi connectivity index (χ1n) is 11.3. The van der Waals surface area contributed by atoms with Crippen molar-refractivity contribution < 1.29 is 19.1 Å². The van der Waals surface area contributed by atoms with E-state index in [1.807, 2.05) is 73.7 Å². The van der Waals surface area contributed by atoms with Crippen LogP contribution in [0.2, 0.25) is 0 Å². The molecular formula is C27H29N3O4. The number of carbonyl (C=O) groups is 2. The molecule has 3 aromatic rings. The molecule has 3 unspecified atom stereocenters. The minimum Gasteiger partial charge on any atom is -0.497 e. The molecule has 1 N–H and O–H groups in total. The van der Waals surface area contributed by atoms with Gasteiger partial charge in [0.25, 0.3) is 0 Å². The maximum Gasteiger partial charge on any atom is 0.227 e. The van der Waals surface area contributed by atoms with Crippen LogP contribution in [-0.2, 0) is 9.59 Å². The summed E-state index contributed by atoms with van der Waals surface area (Å²) in [5.74, 6) is 0.858. The van der Waals surface area contributed by atoms with Crippen LogP contribution in [-0.4, -0.2) is 31.0 Å². The smallest absolute Gasteiger partial charge is 0.227 e. The molecule has 1 aliphatic rings. The van der Waals surface area contributed by atoms with Gasteiger partial charge in [-0.3, -0.25) is 14.6 Å². The van der Waals surface area contributed by atoms with Crippen LogP contribution < -0.4 is 19.7 Å². The van der Waals surface area contributed by atoms with Gasteiger partial charge >= 0.3 is 0 Å². The van der Waals surface area contributed by atoms with Crippen LogP contribution in [0.15, 0.2) is 72.9 Å². The van der Waals surface area contributed by atoms with Gasteiger partial charge in [-0.25, -0.2) is 0 Å². The van der Waals surface area contributed by atoms with Crippen molar-refractivity contribution >= 4 is 17.5 Å². The second kappa shape index (κ2) is 10.4. The molecule has 0 aliphatic carbocycles. The normalized spacial score (nSPS) is 18.8. The van der Waals surface area contributed by atoms with Crippen molar-refractivity contribution in [3.63, 3.8) is 0 Å². The molecule has 1 saturated heterocycles. The van der Waals surface area contributed by atoms with Crippen molar-refractivity contribution in [2.24, 2.45) is 5.92 Å². The van der Waals surface area contributed by atoms with Crippen LogP contribution in [0.4, 0.5) is 5.69 Å². The Kier molecular flexibility index (Phi) is 7.11. The lowest BCUT2D eigenvalue weighted by Gasteiger charge is -2.41. The molecule has 2 amide bonds. The Morgan fingerprint density at radius 2 is 1.65 bits per heavy atom. The summed E-state index contributed by atoms with van der Waals surface area (Å²) in [5, 5.41) is 3.11. The molecule has 7 nitrogen and oxygen atoms in total. The number of methoxy groups -OCH3 is 2. The standard InChI is InChI=1S/C27H29N3O4/c1-18(24-6-4-5-17-28-24)29-27(32)23-15-16-25(31)30(20-9-13-22(34-3)14-10-20)26(23)19-7-11-21(33-2)12-8-19/h4-14,17-18,23,26H,15-16H2,1-3H3,(H,29,32). The molecule has 0 radical (unpaired) electrons. The second-order valence-corrected chi connectivity index (χ2v) is 8.31. The molecule has 176 valence electrons. The fourth-order valence-electron chi connectivity index (χ4n) is 4.42. The van der Waals surface area contributed by atoms with Crippen molar-refractivity contribution in [2.75, 3.05) is 19.1 Å². The number of nitrogens with zero attached hydrogens (tertiary/aromatic N) is 2. The highest BCUT2D eigenvalue weighted by Crippen LogP contribution is 2.41. The largest absolute Gasteiger partial charge is 0.497 e. The minimum atomic E-state index is -0.462. The number of anilines is 1. The summed E-state index contributed by atoms with van der Waals surface area (Å²) in [6.45, 7) is 1.91. The Balaban J connectivity index is 1.69. The van der Waals surface area contributed by atoms with Gasteiger partial charge in [0, 0.05) is 18.3 Å². The molecule has 0 spiro atoms. The van der Waals surface area contributed by atoms with Crippen LogP contribution in [0.25, 0.3) is 0 Å². The number of nitrogens with one attached hydrogen (secondary N) is 1. The third-order valence-electron chi connectivity index (χ3n) is 6.23. The molecule has 0 bridgehead atoms. The van der Waals surface area contributed by atoms with Crippen LogP contribution in [0.5, 0.6) is 11.5 Å². The summed E-state index contributed by atoms with van der Waals surface area (Å²) < 4.78 is 10.6. The summed E-state index contributed by atoms with van der Waals surface area (Å²) in [6.07, 6.45) is 2.46. The number of benzene rings is 2. The van der Waals surface area contributed by atoms with Crippen molar-refractivity contribution in [1.29, 1.82) is 0 Å². The molecule has 1 fully saturated rings. The Labute approximate surface area is 199 Å². The number of piperidine rings is 1. The number of amides is 2. The van der Waals surface area contributed by atoms with E-state index in [1.165, 1.54) is 0 Å². The van der Waals surface area contributed by atoms with Crippen LogP contribution in [0.1, 0.15) is 43.1 Å². The molecule has 2 aromatic carbocycles. The highest BCUT2D eigenvalue weighted by Gasteiger charge is 2.41. The van der Waals surface area contributed by atoms with Crippen molar-refractivity contribution in [1.82, 2.24) is 10.3 Å². The zero-order valence-corrected chi connectivity index (χ0v) is 19.6. The lowest BCUT2D eigenvalue weighted by atomic mass is 9.83. The van der Waals surface area contributed by atoms with Crippen molar-refractivity contribution in [2.45, 2.75) is 31.8 Å². The minimum absolute atomic E-state index is 0.0205. The number of carbonyl (C=O) groups excluding carboxylic acids is 2. The SMILES string of the molecule is COc1ccc(C2C(C(=O)NC(C)c3ccccn3)CCC(=O)N2c2ccc(OC)cc2)cc1. The van der Waals surface area contributed by atoms with Gasteiger partial charge in [0.2, 0.25) is 11.8 Å². The Morgan fingerprint density at radius 1 is 1.00 bits per heavy atom. The van der Waals surface area contributed by atoms with E-state index in [4.69, 9.17) is 9.47 Å². The Hall–Kier alpha value is -3.87. The molecule has 1 aliphatic heterocycles. The number of hydrogen-bond acceptors (Lipinski definition) is 5. The molecular weight excluding hydrogens is 430 g/mol. The number of aromatic nitrogens is 1. The Morgan fingerprint density at radius 3 is 2.24 bits per heavy atom. The van der Waals surface area contributed by atoms with Crippen LogP contribution in [0, 0.1) is 5.92 Å². The molecule has 0 saturated carbocycles. The predicted octanol–water partition coefficient (Wildman–Crippen LogP) is 4.46. The quantitative estimate of drug-likeness (QED) is 0.564. The zero-order valence-electron chi connectivity index (χ0n) is 19.6. The van der Waals surface area contributed by atoms with Crippen LogP contribution in [0.3, 0.4) is 0 Å². The van der Waals surface area contributed by atoms with E-state index in [2.05, 4.69) is 10.3 Å². The average Bonchev–Trinajstić information content (AvgIpc) is 2.89. The summed E-state index contributed by atoms with van der Waals surface area (Å²) in [5.41, 5.74) is 2.38. The lowest BCUT2D eigenvalue weighted by Crippen LogP contribution is -2.48. The highest BCUT2D eigenvalue weighted by molar-refractivity contribution is 5.97. The van der Waals surface area contributed by atoms with E-state index < -0.39 is 12.0 Å². The summed E-state index contributed by atoms with van der Waals surface area (Å²) in [7, 11) is 3.21. The average molecular weight is 460 g/mol. The highest BCUT2D eigenvalue weighted by atomic mass is 16.5. The van der Waals surface area contributed by atoms with Gasteiger partial charge in [0.15, 0.2) is 0 Å². The number of rotatable bonds is 7. The molecule has 4 rings (SSSR count). The fourth-order valence-corrected chi connectivity index (χ4v) is 4.42. The second-order valence-electron chi connectivity index (χ2n) is 8.31. The van der Waals surface area contributed by atoms with Gasteiger partial charge in [-0.15, -0.1) is 0 Å². The van der Waals surface area contributed by atoms with E-state index in [0.29, 0.717) is 17.9 Å². The molecule has 3 atom stereocenters. The third-order valence-corrected chi connectivity index (χ3v) is 6.23. The zero-order chi connectivity index (χ0) is 24.1. The number of ether oxygens (including phenoxy) is 2.